The Balaban J connectivity index is 1.87. The van der Waals surface area contributed by atoms with Crippen molar-refractivity contribution >= 4 is 12.1 Å². The van der Waals surface area contributed by atoms with Crippen molar-refractivity contribution in [2.45, 2.75) is 19.9 Å². The fraction of sp³-hybridized carbons (Fsp3) is 0.875. The molecule has 2 saturated heterocycles. The van der Waals surface area contributed by atoms with Crippen molar-refractivity contribution in [2.75, 3.05) is 72.1 Å². The summed E-state index contributed by atoms with van der Waals surface area (Å²) in [4.78, 5) is 30.3. The minimum absolute atomic E-state index is 0.146. The number of esters is 1. The van der Waals surface area contributed by atoms with E-state index in [0.29, 0.717) is 32.8 Å². The number of piperazine rings is 2. The molecule has 0 spiro atoms. The highest BCUT2D eigenvalue weighted by molar-refractivity contribution is 5.76. The minimum Gasteiger partial charge on any atom is -0.465 e. The quantitative estimate of drug-likeness (QED) is 0.658. The molecule has 8 heteroatoms. The Morgan fingerprint density at radius 3 is 2.17 bits per heavy atom. The van der Waals surface area contributed by atoms with Crippen molar-refractivity contribution in [1.29, 1.82) is 0 Å². The summed E-state index contributed by atoms with van der Waals surface area (Å²) in [7, 11) is 0. The van der Waals surface area contributed by atoms with Crippen molar-refractivity contribution in [3.63, 3.8) is 0 Å². The van der Waals surface area contributed by atoms with Crippen LogP contribution in [0.25, 0.3) is 0 Å². The van der Waals surface area contributed by atoms with Gasteiger partial charge in [0.05, 0.1) is 13.2 Å². The van der Waals surface area contributed by atoms with Crippen LogP contribution in [0.2, 0.25) is 0 Å². The van der Waals surface area contributed by atoms with Gasteiger partial charge in [0.25, 0.3) is 0 Å². The van der Waals surface area contributed by atoms with Gasteiger partial charge in [-0.1, -0.05) is 0 Å². The zero-order valence-corrected chi connectivity index (χ0v) is 14.8. The molecule has 0 aromatic carbocycles. The molecule has 0 radical (unpaired) electrons. The van der Waals surface area contributed by atoms with E-state index in [1.807, 2.05) is 13.8 Å². The second-order valence-corrected chi connectivity index (χ2v) is 6.04. The molecule has 0 aliphatic carbocycles. The Labute approximate surface area is 144 Å². The predicted molar refractivity (Wildman–Crippen MR) is 89.9 cm³/mol. The summed E-state index contributed by atoms with van der Waals surface area (Å²) in [6, 6.07) is -0.235. The third-order valence-corrected chi connectivity index (χ3v) is 4.48. The van der Waals surface area contributed by atoms with Gasteiger partial charge in [-0.2, -0.15) is 0 Å². The molecule has 1 N–H and O–H groups in total. The van der Waals surface area contributed by atoms with Crippen molar-refractivity contribution in [3.05, 3.63) is 0 Å². The number of hydrogen-bond donors (Lipinski definition) is 1. The van der Waals surface area contributed by atoms with E-state index in [-0.39, 0.29) is 18.1 Å². The van der Waals surface area contributed by atoms with Gasteiger partial charge < -0.3 is 19.7 Å². The SMILES string of the molecule is CCOC(=O)C(CN1CCN(C(=O)OCC)CC1)N1CCNCC1. The Hall–Kier alpha value is -1.38. The topological polar surface area (TPSA) is 74.3 Å². The van der Waals surface area contributed by atoms with Gasteiger partial charge >= 0.3 is 12.1 Å². The van der Waals surface area contributed by atoms with Crippen LogP contribution in [0.1, 0.15) is 13.8 Å². The molecule has 138 valence electrons. The second-order valence-electron chi connectivity index (χ2n) is 6.04. The molecule has 2 fully saturated rings. The number of amides is 1. The Morgan fingerprint density at radius 1 is 0.958 bits per heavy atom. The summed E-state index contributed by atoms with van der Waals surface area (Å²) in [5.41, 5.74) is 0. The number of hydrogen-bond acceptors (Lipinski definition) is 7. The molecular formula is C16H30N4O4. The maximum absolute atomic E-state index is 12.4. The highest BCUT2D eigenvalue weighted by atomic mass is 16.6. The highest BCUT2D eigenvalue weighted by Crippen LogP contribution is 2.10. The van der Waals surface area contributed by atoms with Crippen LogP contribution in [-0.2, 0) is 14.3 Å². The first-order chi connectivity index (χ1) is 11.7. The van der Waals surface area contributed by atoms with Crippen LogP contribution < -0.4 is 5.32 Å². The molecule has 0 bridgehead atoms. The zero-order chi connectivity index (χ0) is 17.4. The molecule has 24 heavy (non-hydrogen) atoms. The van der Waals surface area contributed by atoms with Gasteiger partial charge in [0.15, 0.2) is 0 Å². The van der Waals surface area contributed by atoms with Gasteiger partial charge in [0.2, 0.25) is 0 Å². The van der Waals surface area contributed by atoms with Crippen molar-refractivity contribution in [3.8, 4) is 0 Å². The number of carbonyl (C=O) groups excluding carboxylic acids is 2. The summed E-state index contributed by atoms with van der Waals surface area (Å²) in [5.74, 6) is -0.146. The molecule has 0 saturated carbocycles. The van der Waals surface area contributed by atoms with Crippen LogP contribution in [0.5, 0.6) is 0 Å². The summed E-state index contributed by atoms with van der Waals surface area (Å²) in [6.07, 6.45) is -0.249. The molecule has 2 rings (SSSR count). The standard InChI is InChI=1S/C16H30N4O4/c1-3-23-15(21)14(19-7-5-17-6-8-19)13-18-9-11-20(12-10-18)16(22)24-4-2/h14,17H,3-13H2,1-2H3. The number of ether oxygens (including phenoxy) is 2. The second kappa shape index (κ2) is 9.80. The fourth-order valence-corrected chi connectivity index (χ4v) is 3.14. The average Bonchev–Trinajstić information content (AvgIpc) is 2.61. The normalized spacial score (nSPS) is 21.3. The monoisotopic (exact) mass is 342 g/mol. The van der Waals surface area contributed by atoms with E-state index in [0.717, 1.165) is 39.3 Å². The molecule has 2 aliphatic rings. The zero-order valence-electron chi connectivity index (χ0n) is 14.8. The molecular weight excluding hydrogens is 312 g/mol. The van der Waals surface area contributed by atoms with Gasteiger partial charge in [-0.25, -0.2) is 4.79 Å². The molecule has 1 atom stereocenters. The summed E-state index contributed by atoms with van der Waals surface area (Å²) >= 11 is 0. The van der Waals surface area contributed by atoms with E-state index in [4.69, 9.17) is 9.47 Å². The molecule has 1 unspecified atom stereocenters. The largest absolute Gasteiger partial charge is 0.465 e. The van der Waals surface area contributed by atoms with Gasteiger partial charge in [-0.05, 0) is 13.8 Å². The van der Waals surface area contributed by atoms with Gasteiger partial charge in [0.1, 0.15) is 6.04 Å². The third-order valence-electron chi connectivity index (χ3n) is 4.48. The van der Waals surface area contributed by atoms with Crippen molar-refractivity contribution in [1.82, 2.24) is 20.0 Å². The van der Waals surface area contributed by atoms with Gasteiger partial charge in [-0.3, -0.25) is 14.6 Å². The number of rotatable bonds is 6. The van der Waals surface area contributed by atoms with E-state index in [9.17, 15) is 9.59 Å². The Kier molecular flexibility index (Phi) is 7.74. The summed E-state index contributed by atoms with van der Waals surface area (Å²) < 4.78 is 10.3. The van der Waals surface area contributed by atoms with E-state index < -0.39 is 0 Å². The van der Waals surface area contributed by atoms with Crippen LogP contribution in [0, 0.1) is 0 Å². The lowest BCUT2D eigenvalue weighted by Crippen LogP contribution is -2.58. The Bertz CT molecular complexity index is 407. The maximum Gasteiger partial charge on any atom is 0.409 e. The fourth-order valence-electron chi connectivity index (χ4n) is 3.14. The van der Waals surface area contributed by atoms with E-state index in [1.165, 1.54) is 0 Å². The molecule has 0 aromatic heterocycles. The molecule has 1 amide bonds. The molecule has 8 nitrogen and oxygen atoms in total. The number of nitrogens with zero attached hydrogens (tertiary/aromatic N) is 3. The van der Waals surface area contributed by atoms with Crippen LogP contribution in [0.4, 0.5) is 4.79 Å². The lowest BCUT2D eigenvalue weighted by atomic mass is 10.2. The molecule has 2 aliphatic heterocycles. The van der Waals surface area contributed by atoms with E-state index in [1.54, 1.807) is 4.90 Å². The summed E-state index contributed by atoms with van der Waals surface area (Å²) in [6.45, 7) is 11.4. The maximum atomic E-state index is 12.4. The van der Waals surface area contributed by atoms with Crippen LogP contribution in [0.3, 0.4) is 0 Å². The summed E-state index contributed by atoms with van der Waals surface area (Å²) in [5, 5.41) is 3.31. The molecule has 2 heterocycles. The third kappa shape index (κ3) is 5.32. The average molecular weight is 342 g/mol. The van der Waals surface area contributed by atoms with Gasteiger partial charge in [0, 0.05) is 58.9 Å². The van der Waals surface area contributed by atoms with E-state index >= 15 is 0 Å². The predicted octanol–water partition coefficient (Wildman–Crippen LogP) is -0.403. The number of carbonyl (C=O) groups is 2. The highest BCUT2D eigenvalue weighted by Gasteiger charge is 2.32. The van der Waals surface area contributed by atoms with Crippen LogP contribution >= 0.6 is 0 Å². The minimum atomic E-state index is -0.249. The van der Waals surface area contributed by atoms with Gasteiger partial charge in [-0.15, -0.1) is 0 Å². The van der Waals surface area contributed by atoms with Crippen molar-refractivity contribution < 1.29 is 19.1 Å². The van der Waals surface area contributed by atoms with Crippen LogP contribution in [-0.4, -0.2) is 105 Å². The Morgan fingerprint density at radius 2 is 1.58 bits per heavy atom. The first-order valence-electron chi connectivity index (χ1n) is 8.91. The number of nitrogens with one attached hydrogen (secondary N) is 1. The first kappa shape index (κ1) is 19.0. The molecule has 0 aromatic rings. The smallest absolute Gasteiger partial charge is 0.409 e. The first-order valence-corrected chi connectivity index (χ1v) is 8.91. The lowest BCUT2D eigenvalue weighted by molar-refractivity contribution is -0.150. The van der Waals surface area contributed by atoms with E-state index in [2.05, 4.69) is 15.1 Å². The van der Waals surface area contributed by atoms with Crippen LogP contribution in [0.15, 0.2) is 0 Å². The van der Waals surface area contributed by atoms with Crippen molar-refractivity contribution in [2.24, 2.45) is 0 Å². The lowest BCUT2D eigenvalue weighted by Gasteiger charge is -2.39.